The molecular weight excluding hydrogens is 331 g/mol. The second-order valence-corrected chi connectivity index (χ2v) is 19.1. The molecule has 0 nitrogen and oxygen atoms in total. The molecule has 3 aliphatic carbocycles. The van der Waals surface area contributed by atoms with Gasteiger partial charge in [0.05, 0.1) is 0 Å². The van der Waals surface area contributed by atoms with Gasteiger partial charge in [0, 0.05) is 0 Å². The summed E-state index contributed by atoms with van der Waals surface area (Å²) in [6.07, 6.45) is 24.3. The monoisotopic (exact) mass is 364 g/mol. The molecule has 0 aromatic heterocycles. The molecule has 0 aliphatic heterocycles. The van der Waals surface area contributed by atoms with Gasteiger partial charge in [-0.1, -0.05) is 0 Å². The van der Waals surface area contributed by atoms with Crippen molar-refractivity contribution in [2.45, 2.75) is 107 Å². The van der Waals surface area contributed by atoms with Crippen molar-refractivity contribution in [3.8, 4) is 0 Å². The second kappa shape index (κ2) is 7.76. The molecule has 0 heterocycles. The van der Waals surface area contributed by atoms with Crippen LogP contribution >= 0.6 is 0 Å². The summed E-state index contributed by atoms with van der Waals surface area (Å²) in [6, 6.07) is 0. The van der Waals surface area contributed by atoms with Gasteiger partial charge in [-0.3, -0.25) is 0 Å². The first-order valence-corrected chi connectivity index (χ1v) is 15.2. The van der Waals surface area contributed by atoms with Crippen molar-refractivity contribution in [2.24, 2.45) is 0 Å². The first-order chi connectivity index (χ1) is 9.45. The molecule has 1 heteroatoms. The Morgan fingerprint density at radius 1 is 0.368 bits per heavy atom. The Balaban J connectivity index is 1.68. The molecule has 0 radical (unpaired) electrons. The summed E-state index contributed by atoms with van der Waals surface area (Å²) in [4.78, 5) is 0. The van der Waals surface area contributed by atoms with E-state index in [2.05, 4.69) is 0 Å². The minimum atomic E-state index is -1.31. The molecule has 0 bridgehead atoms. The van der Waals surface area contributed by atoms with Crippen molar-refractivity contribution < 1.29 is 0 Å². The molecule has 0 unspecified atom stereocenters. The average molecular weight is 364 g/mol. The Morgan fingerprint density at radius 2 is 0.632 bits per heavy atom. The van der Waals surface area contributed by atoms with Crippen LogP contribution in [0.5, 0.6) is 0 Å². The number of hydrogen-bond acceptors (Lipinski definition) is 0. The standard InChI is InChI=1S/3C6H11.In/c3*1-2-4-6-5-3-1;/h3*1H,2-6H2;. The van der Waals surface area contributed by atoms with Gasteiger partial charge < -0.3 is 0 Å². The van der Waals surface area contributed by atoms with E-state index in [1.165, 1.54) is 11.0 Å². The SMILES string of the molecule is C1CC[CH]([In]([CH]2CCCCC2)[CH]2CCCCC2)CC1. The summed E-state index contributed by atoms with van der Waals surface area (Å²) in [5.74, 6) is 0. The van der Waals surface area contributed by atoms with E-state index < -0.39 is 21.4 Å². The van der Waals surface area contributed by atoms with Crippen LogP contribution in [-0.4, -0.2) is 21.4 Å². The summed E-state index contributed by atoms with van der Waals surface area (Å²) < 4.78 is 4.00. The van der Waals surface area contributed by atoms with Gasteiger partial charge in [0.2, 0.25) is 0 Å². The molecule has 0 atom stereocenters. The van der Waals surface area contributed by atoms with Gasteiger partial charge in [0.25, 0.3) is 0 Å². The molecular formula is C18H33In. The van der Waals surface area contributed by atoms with Gasteiger partial charge in [0.15, 0.2) is 0 Å². The molecule has 3 fully saturated rings. The summed E-state index contributed by atoms with van der Waals surface area (Å²) in [7, 11) is 0. The van der Waals surface area contributed by atoms with E-state index in [1.54, 1.807) is 96.3 Å². The maximum absolute atomic E-state index is 1.67. The summed E-state index contributed by atoms with van der Waals surface area (Å²) in [5.41, 5.74) is 0. The van der Waals surface area contributed by atoms with E-state index in [0.29, 0.717) is 0 Å². The fourth-order valence-electron chi connectivity index (χ4n) is 5.71. The van der Waals surface area contributed by atoms with E-state index in [9.17, 15) is 0 Å². The van der Waals surface area contributed by atoms with Gasteiger partial charge in [-0.15, -0.1) is 0 Å². The molecule has 19 heavy (non-hydrogen) atoms. The Hall–Kier alpha value is 0.870. The zero-order chi connectivity index (χ0) is 12.9. The molecule has 0 amide bonds. The third-order valence-electron chi connectivity index (χ3n) is 6.58. The van der Waals surface area contributed by atoms with Crippen LogP contribution in [0.15, 0.2) is 0 Å². The predicted molar refractivity (Wildman–Crippen MR) is 86.3 cm³/mol. The van der Waals surface area contributed by atoms with Crippen molar-refractivity contribution in [1.82, 2.24) is 0 Å². The molecule has 108 valence electrons. The third-order valence-corrected chi connectivity index (χ3v) is 21.6. The van der Waals surface area contributed by atoms with Crippen LogP contribution in [0.3, 0.4) is 0 Å². The summed E-state index contributed by atoms with van der Waals surface area (Å²) in [6.45, 7) is 0. The van der Waals surface area contributed by atoms with Gasteiger partial charge in [0.1, 0.15) is 0 Å². The van der Waals surface area contributed by atoms with Crippen LogP contribution in [-0.2, 0) is 0 Å². The average Bonchev–Trinajstić information content (AvgIpc) is 2.51. The first-order valence-electron chi connectivity index (χ1n) is 9.45. The van der Waals surface area contributed by atoms with E-state index in [1.807, 2.05) is 0 Å². The van der Waals surface area contributed by atoms with Gasteiger partial charge in [-0.25, -0.2) is 0 Å². The van der Waals surface area contributed by atoms with Gasteiger partial charge in [-0.2, -0.15) is 0 Å². The number of rotatable bonds is 3. The van der Waals surface area contributed by atoms with Crippen molar-refractivity contribution in [3.05, 3.63) is 0 Å². The van der Waals surface area contributed by atoms with Crippen molar-refractivity contribution in [3.63, 3.8) is 0 Å². The second-order valence-electron chi connectivity index (χ2n) is 7.77. The Kier molecular flexibility index (Phi) is 6.04. The maximum atomic E-state index is 1.67. The van der Waals surface area contributed by atoms with Crippen LogP contribution in [0.2, 0.25) is 11.0 Å². The summed E-state index contributed by atoms with van der Waals surface area (Å²) in [5, 5.41) is 0. The van der Waals surface area contributed by atoms with E-state index >= 15 is 0 Å². The van der Waals surface area contributed by atoms with Crippen molar-refractivity contribution in [1.29, 1.82) is 0 Å². The molecule has 3 saturated carbocycles. The van der Waals surface area contributed by atoms with Gasteiger partial charge >= 0.3 is 129 Å². The fraction of sp³-hybridized carbons (Fsp3) is 1.00. The molecule has 3 rings (SSSR count). The van der Waals surface area contributed by atoms with E-state index in [4.69, 9.17) is 0 Å². The quantitative estimate of drug-likeness (QED) is 0.537. The van der Waals surface area contributed by atoms with Crippen LogP contribution in [0.1, 0.15) is 96.3 Å². The van der Waals surface area contributed by atoms with Gasteiger partial charge in [-0.05, 0) is 0 Å². The normalized spacial score (nSPS) is 28.4. The molecule has 0 aromatic rings. The van der Waals surface area contributed by atoms with Crippen LogP contribution < -0.4 is 0 Å². The fourth-order valence-corrected chi connectivity index (χ4v) is 22.9. The zero-order valence-electron chi connectivity index (χ0n) is 12.9. The zero-order valence-corrected chi connectivity index (χ0v) is 16.2. The molecule has 0 N–H and O–H groups in total. The topological polar surface area (TPSA) is 0 Å². The number of hydrogen-bond donors (Lipinski definition) is 0. The van der Waals surface area contributed by atoms with E-state index in [-0.39, 0.29) is 0 Å². The molecule has 0 spiro atoms. The predicted octanol–water partition coefficient (Wildman–Crippen LogP) is 6.48. The Labute approximate surface area is 128 Å². The molecule has 0 aromatic carbocycles. The minimum absolute atomic E-state index is 1.31. The summed E-state index contributed by atoms with van der Waals surface area (Å²) >= 11 is -1.31. The van der Waals surface area contributed by atoms with Crippen LogP contribution in [0.4, 0.5) is 0 Å². The Bertz CT molecular complexity index is 202. The van der Waals surface area contributed by atoms with Crippen LogP contribution in [0.25, 0.3) is 0 Å². The third kappa shape index (κ3) is 3.95. The van der Waals surface area contributed by atoms with Crippen molar-refractivity contribution in [2.75, 3.05) is 0 Å². The first kappa shape index (κ1) is 14.8. The van der Waals surface area contributed by atoms with Crippen molar-refractivity contribution >= 4 is 21.4 Å². The van der Waals surface area contributed by atoms with Crippen LogP contribution in [0, 0.1) is 0 Å². The molecule has 0 saturated heterocycles. The molecule has 3 aliphatic rings. The Morgan fingerprint density at radius 3 is 0.895 bits per heavy atom. The van der Waals surface area contributed by atoms with E-state index in [0.717, 1.165) is 0 Å².